The molecule has 3 rings (SSSR count). The Morgan fingerprint density at radius 3 is 2.70 bits per heavy atom. The van der Waals surface area contributed by atoms with E-state index in [2.05, 4.69) is 32.9 Å². The van der Waals surface area contributed by atoms with Gasteiger partial charge in [0.1, 0.15) is 17.2 Å². The smallest absolute Gasteiger partial charge is 0.134 e. The van der Waals surface area contributed by atoms with Crippen LogP contribution in [0, 0.1) is 32.6 Å². The average Bonchev–Trinajstić information content (AvgIpc) is 2.90. The van der Waals surface area contributed by atoms with E-state index in [-0.39, 0.29) is 0 Å². The molecule has 0 fully saturated rings. The Morgan fingerprint density at radius 1 is 1.09 bits per heavy atom. The van der Waals surface area contributed by atoms with Gasteiger partial charge in [-0.2, -0.15) is 0 Å². The summed E-state index contributed by atoms with van der Waals surface area (Å²) in [4.78, 5) is 12.7. The summed E-state index contributed by atoms with van der Waals surface area (Å²) in [6.07, 6.45) is 7.06. The number of halogens is 1. The first-order chi connectivity index (χ1) is 11.1. The highest BCUT2D eigenvalue weighted by Gasteiger charge is 2.07. The van der Waals surface area contributed by atoms with E-state index in [4.69, 9.17) is 11.6 Å². The fraction of sp³-hybridized carbons (Fsp3) is 0.167. The molecule has 0 aromatic carbocycles. The number of imidazole rings is 1. The molecule has 114 valence electrons. The SMILES string of the molecule is Cc1cncc(-n2cnc(C#Cc3ccnc(Cl)c3C)c2C)c1. The predicted octanol–water partition coefficient (Wildman–Crippen LogP) is 3.64. The number of aromatic nitrogens is 4. The van der Waals surface area contributed by atoms with Gasteiger partial charge in [-0.1, -0.05) is 17.5 Å². The molecule has 0 radical (unpaired) electrons. The minimum Gasteiger partial charge on any atom is -0.301 e. The largest absolute Gasteiger partial charge is 0.301 e. The first kappa shape index (κ1) is 15.3. The van der Waals surface area contributed by atoms with E-state index in [1.165, 1.54) is 0 Å². The Balaban J connectivity index is 1.98. The van der Waals surface area contributed by atoms with E-state index in [1.54, 1.807) is 12.5 Å². The highest BCUT2D eigenvalue weighted by Crippen LogP contribution is 2.16. The van der Waals surface area contributed by atoms with Crippen molar-refractivity contribution in [3.63, 3.8) is 0 Å². The third kappa shape index (κ3) is 3.10. The maximum atomic E-state index is 6.02. The second-order valence-corrected chi connectivity index (χ2v) is 5.65. The van der Waals surface area contributed by atoms with Crippen LogP contribution in [0.2, 0.25) is 5.15 Å². The van der Waals surface area contributed by atoms with Gasteiger partial charge in [-0.05, 0) is 44.4 Å². The van der Waals surface area contributed by atoms with Crippen LogP contribution < -0.4 is 0 Å². The van der Waals surface area contributed by atoms with Crippen molar-refractivity contribution in [3.8, 4) is 17.5 Å². The van der Waals surface area contributed by atoms with Gasteiger partial charge in [-0.15, -0.1) is 0 Å². The highest BCUT2D eigenvalue weighted by atomic mass is 35.5. The van der Waals surface area contributed by atoms with Crippen molar-refractivity contribution >= 4 is 11.6 Å². The van der Waals surface area contributed by atoms with E-state index in [9.17, 15) is 0 Å². The number of aryl methyl sites for hydroxylation is 1. The van der Waals surface area contributed by atoms with E-state index in [0.29, 0.717) is 5.15 Å². The molecule has 4 nitrogen and oxygen atoms in total. The van der Waals surface area contributed by atoms with Crippen LogP contribution in [0.3, 0.4) is 0 Å². The highest BCUT2D eigenvalue weighted by molar-refractivity contribution is 6.30. The first-order valence-corrected chi connectivity index (χ1v) is 7.53. The van der Waals surface area contributed by atoms with Crippen LogP contribution in [-0.2, 0) is 0 Å². The summed E-state index contributed by atoms with van der Waals surface area (Å²) in [6, 6.07) is 3.91. The molecule has 0 saturated heterocycles. The maximum Gasteiger partial charge on any atom is 0.134 e. The van der Waals surface area contributed by atoms with Gasteiger partial charge in [0.05, 0.1) is 17.6 Å². The molecule has 0 bridgehead atoms. The molecule has 0 atom stereocenters. The summed E-state index contributed by atoms with van der Waals surface area (Å²) in [6.45, 7) is 5.91. The van der Waals surface area contributed by atoms with Crippen LogP contribution in [0.25, 0.3) is 5.69 Å². The minimum absolute atomic E-state index is 0.477. The lowest BCUT2D eigenvalue weighted by atomic mass is 10.1. The third-order valence-electron chi connectivity index (χ3n) is 3.60. The summed E-state index contributed by atoms with van der Waals surface area (Å²) < 4.78 is 1.98. The molecular formula is C18H15ClN4. The van der Waals surface area contributed by atoms with E-state index in [1.807, 2.05) is 43.8 Å². The number of hydrogen-bond donors (Lipinski definition) is 0. The monoisotopic (exact) mass is 322 g/mol. The first-order valence-electron chi connectivity index (χ1n) is 7.15. The minimum atomic E-state index is 0.477. The molecule has 0 spiro atoms. The maximum absolute atomic E-state index is 6.02. The molecule has 23 heavy (non-hydrogen) atoms. The molecule has 0 aliphatic rings. The van der Waals surface area contributed by atoms with E-state index in [0.717, 1.165) is 33.8 Å². The molecule has 3 aromatic rings. The van der Waals surface area contributed by atoms with Crippen molar-refractivity contribution in [3.05, 3.63) is 70.3 Å². The van der Waals surface area contributed by atoms with Gasteiger partial charge in [0.15, 0.2) is 0 Å². The van der Waals surface area contributed by atoms with Crippen LogP contribution >= 0.6 is 11.6 Å². The number of nitrogens with zero attached hydrogens (tertiary/aromatic N) is 4. The van der Waals surface area contributed by atoms with Crippen molar-refractivity contribution in [1.82, 2.24) is 19.5 Å². The van der Waals surface area contributed by atoms with Gasteiger partial charge in [0.2, 0.25) is 0 Å². The zero-order chi connectivity index (χ0) is 16.4. The summed E-state index contributed by atoms with van der Waals surface area (Å²) in [5.41, 5.74) is 5.52. The molecule has 0 unspecified atom stereocenters. The normalized spacial score (nSPS) is 10.3. The van der Waals surface area contributed by atoms with Crippen LogP contribution in [0.1, 0.15) is 28.1 Å². The van der Waals surface area contributed by atoms with E-state index >= 15 is 0 Å². The number of rotatable bonds is 1. The van der Waals surface area contributed by atoms with Gasteiger partial charge < -0.3 is 4.57 Å². The van der Waals surface area contributed by atoms with Crippen LogP contribution in [0.4, 0.5) is 0 Å². The lowest BCUT2D eigenvalue weighted by molar-refractivity contribution is 0.986. The molecular weight excluding hydrogens is 308 g/mol. The molecule has 3 aromatic heterocycles. The van der Waals surface area contributed by atoms with Crippen molar-refractivity contribution in [1.29, 1.82) is 0 Å². The zero-order valence-corrected chi connectivity index (χ0v) is 13.9. The van der Waals surface area contributed by atoms with E-state index < -0.39 is 0 Å². The van der Waals surface area contributed by atoms with Crippen LogP contribution in [0.5, 0.6) is 0 Å². The molecule has 0 amide bonds. The third-order valence-corrected chi connectivity index (χ3v) is 3.98. The van der Waals surface area contributed by atoms with Gasteiger partial charge in [0, 0.05) is 23.5 Å². The standard InChI is InChI=1S/C18H15ClN4/c1-12-8-16(10-20-9-12)23-11-22-17(14(23)3)5-4-15-6-7-21-18(19)13(15)2/h6-11H,1-3H3. The second kappa shape index (κ2) is 6.23. The fourth-order valence-corrected chi connectivity index (χ4v) is 2.39. The number of hydrogen-bond acceptors (Lipinski definition) is 3. The Labute approximate surface area is 140 Å². The summed E-state index contributed by atoms with van der Waals surface area (Å²) in [5, 5.41) is 0.477. The lowest BCUT2D eigenvalue weighted by Crippen LogP contribution is -1.96. The van der Waals surface area contributed by atoms with Gasteiger partial charge >= 0.3 is 0 Å². The van der Waals surface area contributed by atoms with Crippen molar-refractivity contribution < 1.29 is 0 Å². The molecule has 3 heterocycles. The Kier molecular flexibility index (Phi) is 4.14. The van der Waals surface area contributed by atoms with Gasteiger partial charge in [0.25, 0.3) is 0 Å². The van der Waals surface area contributed by atoms with Crippen molar-refractivity contribution in [2.75, 3.05) is 0 Å². The van der Waals surface area contributed by atoms with Gasteiger partial charge in [-0.25, -0.2) is 9.97 Å². The quantitative estimate of drug-likeness (QED) is 0.507. The number of pyridine rings is 2. The van der Waals surface area contributed by atoms with Crippen LogP contribution in [0.15, 0.2) is 37.1 Å². The lowest BCUT2D eigenvalue weighted by Gasteiger charge is -2.05. The summed E-state index contributed by atoms with van der Waals surface area (Å²) in [5.74, 6) is 6.23. The topological polar surface area (TPSA) is 43.6 Å². The van der Waals surface area contributed by atoms with Crippen LogP contribution in [-0.4, -0.2) is 19.5 Å². The molecule has 0 saturated carbocycles. The predicted molar refractivity (Wildman–Crippen MR) is 90.8 cm³/mol. The Hall–Kier alpha value is -2.64. The van der Waals surface area contributed by atoms with Gasteiger partial charge in [-0.3, -0.25) is 4.98 Å². The summed E-state index contributed by atoms with van der Waals surface area (Å²) in [7, 11) is 0. The molecule has 0 aliphatic heterocycles. The van der Waals surface area contributed by atoms with Crippen molar-refractivity contribution in [2.45, 2.75) is 20.8 Å². The Morgan fingerprint density at radius 2 is 1.91 bits per heavy atom. The van der Waals surface area contributed by atoms with Crippen molar-refractivity contribution in [2.24, 2.45) is 0 Å². The fourth-order valence-electron chi connectivity index (χ4n) is 2.24. The second-order valence-electron chi connectivity index (χ2n) is 5.29. The Bertz CT molecular complexity index is 932. The summed E-state index contributed by atoms with van der Waals surface area (Å²) >= 11 is 6.02. The zero-order valence-electron chi connectivity index (χ0n) is 13.1. The molecule has 0 N–H and O–H groups in total. The molecule has 5 heteroatoms. The average molecular weight is 323 g/mol. The molecule has 0 aliphatic carbocycles.